The number of nitrogens with two attached hydrogens (primary N) is 1. The molecule has 0 radical (unpaired) electrons. The van der Waals surface area contributed by atoms with E-state index in [0.29, 0.717) is 5.02 Å². The Morgan fingerprint density at radius 2 is 2.05 bits per heavy atom. The number of rotatable bonds is 3. The third-order valence-electron chi connectivity index (χ3n) is 3.01. The van der Waals surface area contributed by atoms with Crippen molar-refractivity contribution < 1.29 is 4.74 Å². The highest BCUT2D eigenvalue weighted by Gasteiger charge is 2.16. The Kier molecular flexibility index (Phi) is 3.50. The number of thiophene rings is 2. The van der Waals surface area contributed by atoms with Crippen molar-refractivity contribution >= 4 is 43.7 Å². The molecule has 0 saturated heterocycles. The lowest BCUT2D eigenvalue weighted by atomic mass is 10.1. The molecule has 0 aliphatic heterocycles. The van der Waals surface area contributed by atoms with E-state index in [-0.39, 0.29) is 6.04 Å². The van der Waals surface area contributed by atoms with Crippen LogP contribution in [0.25, 0.3) is 9.40 Å². The van der Waals surface area contributed by atoms with Gasteiger partial charge in [0.25, 0.3) is 0 Å². The largest absolute Gasteiger partial charge is 0.497 e. The van der Waals surface area contributed by atoms with Gasteiger partial charge < -0.3 is 10.5 Å². The molecule has 0 amide bonds. The molecule has 98 valence electrons. The van der Waals surface area contributed by atoms with Crippen LogP contribution in [0.15, 0.2) is 35.7 Å². The summed E-state index contributed by atoms with van der Waals surface area (Å²) in [5, 5.41) is 2.74. The third-order valence-corrected chi connectivity index (χ3v) is 5.51. The van der Waals surface area contributed by atoms with Crippen LogP contribution in [0.4, 0.5) is 0 Å². The molecule has 19 heavy (non-hydrogen) atoms. The van der Waals surface area contributed by atoms with Gasteiger partial charge in [-0.05, 0) is 35.2 Å². The van der Waals surface area contributed by atoms with Crippen molar-refractivity contribution in [3.05, 3.63) is 51.2 Å². The van der Waals surface area contributed by atoms with Crippen molar-refractivity contribution in [2.24, 2.45) is 5.73 Å². The average Bonchev–Trinajstić information content (AvgIpc) is 2.98. The average molecular weight is 310 g/mol. The molecule has 1 unspecified atom stereocenters. The topological polar surface area (TPSA) is 35.2 Å². The summed E-state index contributed by atoms with van der Waals surface area (Å²) in [6.45, 7) is 0. The van der Waals surface area contributed by atoms with Crippen LogP contribution in [-0.4, -0.2) is 7.11 Å². The molecule has 2 nitrogen and oxygen atoms in total. The Balaban J connectivity index is 1.99. The first-order valence-corrected chi connectivity index (χ1v) is 7.82. The molecule has 0 aliphatic carbocycles. The Morgan fingerprint density at radius 3 is 2.74 bits per heavy atom. The van der Waals surface area contributed by atoms with Gasteiger partial charge in [0, 0.05) is 19.3 Å². The zero-order valence-electron chi connectivity index (χ0n) is 10.2. The van der Waals surface area contributed by atoms with Gasteiger partial charge in [-0.3, -0.25) is 0 Å². The molecule has 0 fully saturated rings. The lowest BCUT2D eigenvalue weighted by molar-refractivity contribution is 0.414. The second-order valence-corrected chi connectivity index (χ2v) is 6.63. The SMILES string of the molecule is COc1ccc(C(N)c2cc3sccc3s2)c(Cl)c1. The fourth-order valence-corrected chi connectivity index (χ4v) is 4.41. The smallest absolute Gasteiger partial charge is 0.120 e. The van der Waals surface area contributed by atoms with E-state index in [2.05, 4.69) is 17.5 Å². The third kappa shape index (κ3) is 2.37. The monoisotopic (exact) mass is 309 g/mol. The van der Waals surface area contributed by atoms with E-state index in [1.807, 2.05) is 12.1 Å². The van der Waals surface area contributed by atoms with Crippen LogP contribution < -0.4 is 10.5 Å². The van der Waals surface area contributed by atoms with Gasteiger partial charge in [-0.15, -0.1) is 22.7 Å². The predicted molar refractivity (Wildman–Crippen MR) is 83.7 cm³/mol. The molecule has 0 saturated carbocycles. The molecule has 3 aromatic rings. The first-order chi connectivity index (χ1) is 9.19. The fourth-order valence-electron chi connectivity index (χ4n) is 1.98. The highest BCUT2D eigenvalue weighted by Crippen LogP contribution is 2.37. The first-order valence-electron chi connectivity index (χ1n) is 5.75. The minimum Gasteiger partial charge on any atom is -0.497 e. The second kappa shape index (κ2) is 5.13. The second-order valence-electron chi connectivity index (χ2n) is 4.16. The lowest BCUT2D eigenvalue weighted by Gasteiger charge is -2.12. The molecule has 1 aromatic carbocycles. The summed E-state index contributed by atoms with van der Waals surface area (Å²) < 4.78 is 7.71. The van der Waals surface area contributed by atoms with Gasteiger partial charge in [-0.1, -0.05) is 17.7 Å². The first kappa shape index (κ1) is 12.9. The standard InChI is InChI=1S/C14H12ClNOS2/c1-17-8-2-3-9(10(15)6-8)14(16)13-7-12-11(19-13)4-5-18-12/h2-7,14H,16H2,1H3. The van der Waals surface area contributed by atoms with Gasteiger partial charge in [0.1, 0.15) is 5.75 Å². The van der Waals surface area contributed by atoms with E-state index in [4.69, 9.17) is 22.1 Å². The Morgan fingerprint density at radius 1 is 1.21 bits per heavy atom. The normalized spacial score (nSPS) is 12.8. The van der Waals surface area contributed by atoms with Crippen molar-refractivity contribution in [2.75, 3.05) is 7.11 Å². The van der Waals surface area contributed by atoms with Crippen LogP contribution >= 0.6 is 34.3 Å². The zero-order valence-corrected chi connectivity index (χ0v) is 12.6. The van der Waals surface area contributed by atoms with Crippen molar-refractivity contribution in [2.45, 2.75) is 6.04 Å². The molecular weight excluding hydrogens is 298 g/mol. The maximum atomic E-state index is 6.32. The summed E-state index contributed by atoms with van der Waals surface area (Å²) in [5.74, 6) is 0.744. The van der Waals surface area contributed by atoms with Gasteiger partial charge in [-0.2, -0.15) is 0 Å². The molecule has 0 spiro atoms. The quantitative estimate of drug-likeness (QED) is 0.763. The highest BCUT2D eigenvalue weighted by atomic mass is 35.5. The van der Waals surface area contributed by atoms with E-state index in [1.165, 1.54) is 9.40 Å². The van der Waals surface area contributed by atoms with E-state index in [0.717, 1.165) is 16.2 Å². The van der Waals surface area contributed by atoms with Gasteiger partial charge in [0.05, 0.1) is 13.2 Å². The number of hydrogen-bond acceptors (Lipinski definition) is 4. The van der Waals surface area contributed by atoms with Crippen molar-refractivity contribution in [3.63, 3.8) is 0 Å². The van der Waals surface area contributed by atoms with Crippen LogP contribution in [0, 0.1) is 0 Å². The van der Waals surface area contributed by atoms with E-state index < -0.39 is 0 Å². The van der Waals surface area contributed by atoms with Crippen molar-refractivity contribution in [1.82, 2.24) is 0 Å². The molecule has 0 bridgehead atoms. The number of fused-ring (bicyclic) bond motifs is 1. The Labute approximate surface area is 124 Å². The maximum Gasteiger partial charge on any atom is 0.120 e. The predicted octanol–water partition coefficient (Wildman–Crippen LogP) is 4.67. The van der Waals surface area contributed by atoms with Crippen molar-refractivity contribution in [1.29, 1.82) is 0 Å². The molecule has 0 aliphatic rings. The van der Waals surface area contributed by atoms with Gasteiger partial charge >= 0.3 is 0 Å². The fraction of sp³-hybridized carbons (Fsp3) is 0.143. The van der Waals surface area contributed by atoms with Crippen molar-refractivity contribution in [3.8, 4) is 5.75 Å². The van der Waals surface area contributed by atoms with Gasteiger partial charge in [0.15, 0.2) is 0 Å². The highest BCUT2D eigenvalue weighted by molar-refractivity contribution is 7.27. The summed E-state index contributed by atoms with van der Waals surface area (Å²) in [6, 6.07) is 9.69. The maximum absolute atomic E-state index is 6.32. The van der Waals surface area contributed by atoms with Crippen LogP contribution in [-0.2, 0) is 0 Å². The Bertz CT molecular complexity index is 691. The molecule has 2 aromatic heterocycles. The minimum absolute atomic E-state index is 0.192. The number of ether oxygens (including phenoxy) is 1. The van der Waals surface area contributed by atoms with Crippen LogP contribution in [0.3, 0.4) is 0 Å². The summed E-state index contributed by atoms with van der Waals surface area (Å²) in [4.78, 5) is 1.13. The summed E-state index contributed by atoms with van der Waals surface area (Å²) >= 11 is 9.73. The minimum atomic E-state index is -0.192. The van der Waals surface area contributed by atoms with E-state index >= 15 is 0 Å². The lowest BCUT2D eigenvalue weighted by Crippen LogP contribution is -2.10. The number of hydrogen-bond donors (Lipinski definition) is 1. The van der Waals surface area contributed by atoms with Crippen LogP contribution in [0.1, 0.15) is 16.5 Å². The number of methoxy groups -OCH3 is 1. The van der Waals surface area contributed by atoms with E-state index in [1.54, 1.807) is 35.8 Å². The van der Waals surface area contributed by atoms with E-state index in [9.17, 15) is 0 Å². The summed E-state index contributed by atoms with van der Waals surface area (Å²) in [5.41, 5.74) is 7.25. The van der Waals surface area contributed by atoms with Crippen LogP contribution in [0.5, 0.6) is 5.75 Å². The molecule has 2 N–H and O–H groups in total. The van der Waals surface area contributed by atoms with Crippen LogP contribution in [0.2, 0.25) is 5.02 Å². The number of benzene rings is 1. The molecule has 5 heteroatoms. The number of halogens is 1. The van der Waals surface area contributed by atoms with Gasteiger partial charge in [0.2, 0.25) is 0 Å². The molecule has 2 heterocycles. The summed E-state index contributed by atoms with van der Waals surface area (Å²) in [7, 11) is 1.62. The Hall–Kier alpha value is -1.07. The van der Waals surface area contributed by atoms with Gasteiger partial charge in [-0.25, -0.2) is 0 Å². The molecule has 1 atom stereocenters. The zero-order chi connectivity index (χ0) is 13.4. The molecule has 3 rings (SSSR count). The summed E-state index contributed by atoms with van der Waals surface area (Å²) in [6.07, 6.45) is 0. The molecular formula is C14H12ClNOS2.